The summed E-state index contributed by atoms with van der Waals surface area (Å²) in [7, 11) is 0. The third kappa shape index (κ3) is 5.59. The highest BCUT2D eigenvalue weighted by molar-refractivity contribution is 6.12. The largest absolute Gasteiger partial charge is 0.456 e. The molecule has 0 aliphatic rings. The summed E-state index contributed by atoms with van der Waals surface area (Å²) in [4.78, 5) is 25.3. The molecule has 53 heavy (non-hydrogen) atoms. The lowest BCUT2D eigenvalue weighted by molar-refractivity contribution is 0.669. The monoisotopic (exact) mass is 679 g/mol. The van der Waals surface area contributed by atoms with E-state index in [0.717, 1.165) is 77.5 Å². The highest BCUT2D eigenvalue weighted by atomic mass is 16.3. The van der Waals surface area contributed by atoms with Gasteiger partial charge in [-0.05, 0) is 41.5 Å². The third-order valence-corrected chi connectivity index (χ3v) is 9.54. The van der Waals surface area contributed by atoms with E-state index in [1.807, 2.05) is 115 Å². The summed E-state index contributed by atoms with van der Waals surface area (Å²) >= 11 is 0. The van der Waals surface area contributed by atoms with Gasteiger partial charge in [0.25, 0.3) is 0 Å². The van der Waals surface area contributed by atoms with E-state index >= 15 is 0 Å². The Morgan fingerprint density at radius 3 is 1.70 bits per heavy atom. The van der Waals surface area contributed by atoms with Crippen LogP contribution in [0, 0.1) is 0 Å². The van der Waals surface area contributed by atoms with E-state index in [1.165, 1.54) is 0 Å². The van der Waals surface area contributed by atoms with Crippen LogP contribution in [-0.4, -0.2) is 24.9 Å². The summed E-state index contributed by atoms with van der Waals surface area (Å²) in [6.45, 7) is 0. The molecule has 0 radical (unpaired) electrons. The molecular weight excluding hydrogens is 651 g/mol. The van der Waals surface area contributed by atoms with Crippen LogP contribution in [0.1, 0.15) is 0 Å². The first-order valence-corrected chi connectivity index (χ1v) is 17.5. The molecule has 248 valence electrons. The van der Waals surface area contributed by atoms with Crippen molar-refractivity contribution in [2.75, 3.05) is 0 Å². The van der Waals surface area contributed by atoms with Crippen LogP contribution < -0.4 is 0 Å². The molecule has 7 aromatic carbocycles. The van der Waals surface area contributed by atoms with Crippen LogP contribution in [0.15, 0.2) is 180 Å². The van der Waals surface area contributed by atoms with Gasteiger partial charge in [-0.2, -0.15) is 0 Å². The molecule has 0 atom stereocenters. The maximum absolute atomic E-state index is 6.55. The van der Waals surface area contributed by atoms with Crippen molar-refractivity contribution < 1.29 is 4.42 Å². The van der Waals surface area contributed by atoms with Gasteiger partial charge in [-0.3, -0.25) is 0 Å². The molecule has 0 N–H and O–H groups in total. The topological polar surface area (TPSA) is 77.6 Å². The van der Waals surface area contributed by atoms with Gasteiger partial charge in [-0.15, -0.1) is 0 Å². The number of furan rings is 1. The number of hydrogen-bond acceptors (Lipinski definition) is 6. The van der Waals surface area contributed by atoms with E-state index in [1.54, 1.807) is 0 Å². The molecule has 6 heteroatoms. The molecule has 10 aromatic rings. The fourth-order valence-electron chi connectivity index (χ4n) is 6.98. The fourth-order valence-corrected chi connectivity index (χ4v) is 6.98. The molecule has 0 saturated heterocycles. The zero-order chi connectivity index (χ0) is 35.1. The lowest BCUT2D eigenvalue weighted by Gasteiger charge is -2.10. The van der Waals surface area contributed by atoms with Gasteiger partial charge in [0.15, 0.2) is 23.3 Å². The van der Waals surface area contributed by atoms with Crippen molar-refractivity contribution in [2.24, 2.45) is 0 Å². The molecule has 0 aliphatic carbocycles. The number of rotatable bonds is 6. The smallest absolute Gasteiger partial charge is 0.164 e. The van der Waals surface area contributed by atoms with Crippen LogP contribution in [0.5, 0.6) is 0 Å². The molecule has 0 fully saturated rings. The van der Waals surface area contributed by atoms with Crippen LogP contribution in [0.25, 0.3) is 101 Å². The van der Waals surface area contributed by atoms with E-state index in [-0.39, 0.29) is 0 Å². The molecule has 0 saturated carbocycles. The lowest BCUT2D eigenvalue weighted by atomic mass is 10.0. The predicted octanol–water partition coefficient (Wildman–Crippen LogP) is 11.7. The van der Waals surface area contributed by atoms with Crippen LogP contribution in [-0.2, 0) is 0 Å². The highest BCUT2D eigenvalue weighted by Crippen LogP contribution is 2.39. The van der Waals surface area contributed by atoms with Gasteiger partial charge in [-0.25, -0.2) is 24.9 Å². The van der Waals surface area contributed by atoms with Crippen LogP contribution >= 0.6 is 0 Å². The minimum absolute atomic E-state index is 0.571. The normalized spacial score (nSPS) is 11.4. The lowest BCUT2D eigenvalue weighted by Crippen LogP contribution is -2.00. The second-order valence-electron chi connectivity index (χ2n) is 12.9. The van der Waals surface area contributed by atoms with Gasteiger partial charge in [0, 0.05) is 44.0 Å². The summed E-state index contributed by atoms with van der Waals surface area (Å²) in [5.41, 5.74) is 10.1. The zero-order valence-electron chi connectivity index (χ0n) is 28.4. The average Bonchev–Trinajstić information content (AvgIpc) is 3.62. The number of hydrogen-bond donors (Lipinski definition) is 0. The fraction of sp³-hybridized carbons (Fsp3) is 0. The van der Waals surface area contributed by atoms with Crippen molar-refractivity contribution in [3.05, 3.63) is 176 Å². The Hall–Kier alpha value is -7.31. The van der Waals surface area contributed by atoms with Crippen molar-refractivity contribution in [1.29, 1.82) is 0 Å². The summed E-state index contributed by atoms with van der Waals surface area (Å²) in [5.74, 6) is 2.41. The van der Waals surface area contributed by atoms with Crippen LogP contribution in [0.4, 0.5) is 0 Å². The minimum Gasteiger partial charge on any atom is -0.456 e. The van der Waals surface area contributed by atoms with Crippen molar-refractivity contribution in [3.8, 4) is 67.9 Å². The first-order valence-electron chi connectivity index (χ1n) is 17.5. The van der Waals surface area contributed by atoms with Gasteiger partial charge in [0.2, 0.25) is 0 Å². The summed E-state index contributed by atoms with van der Waals surface area (Å²) in [6.07, 6.45) is 0. The molecule has 0 spiro atoms. The van der Waals surface area contributed by atoms with Crippen molar-refractivity contribution in [2.45, 2.75) is 0 Å². The first kappa shape index (κ1) is 30.5. The second kappa shape index (κ2) is 12.8. The van der Waals surface area contributed by atoms with Gasteiger partial charge in [0.05, 0.1) is 11.2 Å². The molecule has 0 amide bonds. The molecule has 3 aromatic heterocycles. The number of para-hydroxylation sites is 1. The highest BCUT2D eigenvalue weighted by Gasteiger charge is 2.19. The van der Waals surface area contributed by atoms with E-state index in [9.17, 15) is 0 Å². The van der Waals surface area contributed by atoms with E-state index in [0.29, 0.717) is 23.3 Å². The Morgan fingerprint density at radius 1 is 0.321 bits per heavy atom. The molecular formula is C47H29N5O. The van der Waals surface area contributed by atoms with Crippen LogP contribution in [0.3, 0.4) is 0 Å². The minimum atomic E-state index is 0.571. The van der Waals surface area contributed by atoms with Crippen molar-refractivity contribution in [1.82, 2.24) is 24.9 Å². The molecule has 0 bridgehead atoms. The molecule has 0 unspecified atom stereocenters. The van der Waals surface area contributed by atoms with Crippen LogP contribution in [0.2, 0.25) is 0 Å². The van der Waals surface area contributed by atoms with Gasteiger partial charge >= 0.3 is 0 Å². The molecule has 6 nitrogen and oxygen atoms in total. The summed E-state index contributed by atoms with van der Waals surface area (Å²) < 4.78 is 6.55. The second-order valence-corrected chi connectivity index (χ2v) is 12.9. The number of benzene rings is 7. The maximum atomic E-state index is 6.55. The van der Waals surface area contributed by atoms with Gasteiger partial charge in [0.1, 0.15) is 11.2 Å². The zero-order valence-corrected chi connectivity index (χ0v) is 28.4. The van der Waals surface area contributed by atoms with E-state index in [4.69, 9.17) is 29.3 Å². The maximum Gasteiger partial charge on any atom is 0.164 e. The third-order valence-electron chi connectivity index (χ3n) is 9.54. The SMILES string of the molecule is c1ccc(-c2cccc(-c3nc(-c4ccccc4)nc(-c4cccc5oc6cc(-c7nc(-c8ccccc8)c8ccccc8n7)ccc6c45)n3)c2)cc1. The Morgan fingerprint density at radius 2 is 0.906 bits per heavy atom. The Balaban J connectivity index is 1.13. The summed E-state index contributed by atoms with van der Waals surface area (Å²) in [5, 5.41) is 2.90. The summed E-state index contributed by atoms with van der Waals surface area (Å²) in [6, 6.07) is 59.3. The Labute approximate surface area is 305 Å². The average molecular weight is 680 g/mol. The van der Waals surface area contributed by atoms with Crippen molar-refractivity contribution in [3.63, 3.8) is 0 Å². The van der Waals surface area contributed by atoms with E-state index in [2.05, 4.69) is 60.7 Å². The quantitative estimate of drug-likeness (QED) is 0.174. The van der Waals surface area contributed by atoms with Gasteiger partial charge < -0.3 is 4.42 Å². The number of fused-ring (bicyclic) bond motifs is 4. The standard InChI is InChI=1S/C47H29N5O/c1-4-14-30(15-5-1)33-20-12-21-34(28-33)46-50-44(32-18-8-3-9-19-32)51-47(52-46)38-23-13-25-40-42(38)37-27-26-35(29-41(37)53-40)45-48-39-24-11-10-22-36(39)43(49-45)31-16-6-2-7-17-31/h1-29H. The first-order chi connectivity index (χ1) is 26.2. The Kier molecular flexibility index (Phi) is 7.36. The molecule has 10 rings (SSSR count). The molecule has 0 aliphatic heterocycles. The predicted molar refractivity (Wildman–Crippen MR) is 213 cm³/mol. The van der Waals surface area contributed by atoms with E-state index < -0.39 is 0 Å². The van der Waals surface area contributed by atoms with Crippen molar-refractivity contribution >= 4 is 32.8 Å². The molecule has 3 heterocycles. The Bertz CT molecular complexity index is 2940. The number of nitrogens with zero attached hydrogens (tertiary/aromatic N) is 5. The number of aromatic nitrogens is 5. The van der Waals surface area contributed by atoms with Gasteiger partial charge in [-0.1, -0.05) is 146 Å².